The molecule has 1 heterocycles. The maximum Gasteiger partial charge on any atom is 0.247 e. The molecule has 0 unspecified atom stereocenters. The second-order valence-corrected chi connectivity index (χ2v) is 5.47. The number of carbonyl (C=O) groups excluding carboxylic acids is 1. The molecule has 0 saturated carbocycles. The highest BCUT2D eigenvalue weighted by atomic mass is 35.5. The first kappa shape index (κ1) is 15.1. The Hall–Kier alpha value is -2.79. The number of rotatable bonds is 3. The zero-order valence-corrected chi connectivity index (χ0v) is 13.1. The summed E-state index contributed by atoms with van der Waals surface area (Å²) in [5, 5.41) is 7.55. The van der Waals surface area contributed by atoms with Crippen molar-refractivity contribution >= 4 is 40.0 Å². The molecular weight excluding hydrogens is 314 g/mol. The van der Waals surface area contributed by atoms with Crippen LogP contribution in [-0.4, -0.2) is 11.1 Å². The van der Waals surface area contributed by atoms with Gasteiger partial charge >= 0.3 is 0 Å². The Labute approximate surface area is 137 Å². The third kappa shape index (κ3) is 2.66. The number of amides is 1. The van der Waals surface area contributed by atoms with Crippen molar-refractivity contribution in [3.05, 3.63) is 53.6 Å². The predicted molar refractivity (Wildman–Crippen MR) is 92.4 cm³/mol. The third-order valence-corrected chi connectivity index (χ3v) is 3.96. The maximum atomic E-state index is 11.4. The minimum Gasteiger partial charge on any atom is -0.380 e. The van der Waals surface area contributed by atoms with Crippen molar-refractivity contribution in [2.75, 3.05) is 11.1 Å². The van der Waals surface area contributed by atoms with E-state index in [1.54, 1.807) is 12.1 Å². The second-order valence-electron chi connectivity index (χ2n) is 5.09. The Morgan fingerprint density at radius 3 is 2.78 bits per heavy atom. The molecule has 0 aliphatic heterocycles. The molecule has 5 nitrogen and oxygen atoms in total. The van der Waals surface area contributed by atoms with Gasteiger partial charge in [0, 0.05) is 11.3 Å². The monoisotopic (exact) mass is 327 g/mol. The molecule has 2 aromatic carbocycles. The molecule has 1 amide bonds. The molecule has 3 aromatic rings. The number of nitrogens with zero attached hydrogens (tertiary/aromatic N) is 1. The Balaban J connectivity index is 2.08. The van der Waals surface area contributed by atoms with Gasteiger partial charge in [-0.25, -0.2) is 0 Å². The van der Waals surface area contributed by atoms with Gasteiger partial charge in [-0.1, -0.05) is 29.4 Å². The Bertz CT molecular complexity index is 931. The van der Waals surface area contributed by atoms with Crippen LogP contribution in [0.25, 0.3) is 22.1 Å². The highest BCUT2D eigenvalue weighted by Crippen LogP contribution is 2.38. The van der Waals surface area contributed by atoms with E-state index < -0.39 is 0 Å². The number of fused-ring (bicyclic) bond motifs is 1. The maximum absolute atomic E-state index is 11.4. The van der Waals surface area contributed by atoms with Gasteiger partial charge in [-0.05, 0) is 48.4 Å². The Morgan fingerprint density at radius 1 is 1.35 bits per heavy atom. The molecule has 0 radical (unpaired) electrons. The first-order chi connectivity index (χ1) is 11.0. The molecule has 0 spiro atoms. The first-order valence-electron chi connectivity index (χ1n) is 6.89. The number of benzene rings is 2. The van der Waals surface area contributed by atoms with E-state index in [0.29, 0.717) is 21.7 Å². The molecule has 6 heteroatoms. The van der Waals surface area contributed by atoms with E-state index in [0.717, 1.165) is 16.7 Å². The molecule has 1 aromatic heterocycles. The molecule has 3 N–H and O–H groups in total. The normalized spacial score (nSPS) is 10.7. The number of carbonyl (C=O) groups is 1. The number of nitrogen functional groups attached to an aromatic ring is 1. The summed E-state index contributed by atoms with van der Waals surface area (Å²) in [6.07, 6.45) is 1.22. The molecule has 0 fully saturated rings. The van der Waals surface area contributed by atoms with E-state index in [2.05, 4.69) is 17.1 Å². The van der Waals surface area contributed by atoms with Gasteiger partial charge in [0.2, 0.25) is 5.91 Å². The summed E-state index contributed by atoms with van der Waals surface area (Å²) in [5.74, 6) is 0.00761. The van der Waals surface area contributed by atoms with E-state index in [4.69, 9.17) is 21.9 Å². The second kappa shape index (κ2) is 5.78. The number of aryl methyl sites for hydroxylation is 1. The number of aromatic nitrogens is 1. The molecule has 0 atom stereocenters. The zero-order valence-electron chi connectivity index (χ0n) is 12.4. The average molecular weight is 328 g/mol. The molecule has 23 heavy (non-hydrogen) atoms. The van der Waals surface area contributed by atoms with E-state index in [1.807, 2.05) is 25.1 Å². The van der Waals surface area contributed by atoms with Gasteiger partial charge in [0.25, 0.3) is 0 Å². The molecule has 0 aliphatic carbocycles. The van der Waals surface area contributed by atoms with Crippen LogP contribution < -0.4 is 11.1 Å². The molecule has 0 aliphatic rings. The van der Waals surface area contributed by atoms with Gasteiger partial charge in [0.05, 0.1) is 10.4 Å². The lowest BCUT2D eigenvalue weighted by molar-refractivity contribution is -0.111. The van der Waals surface area contributed by atoms with E-state index in [9.17, 15) is 4.79 Å². The van der Waals surface area contributed by atoms with Gasteiger partial charge < -0.3 is 15.6 Å². The Morgan fingerprint density at radius 2 is 2.09 bits per heavy atom. The molecule has 0 saturated heterocycles. The van der Waals surface area contributed by atoms with Crippen molar-refractivity contribution in [2.45, 2.75) is 6.92 Å². The van der Waals surface area contributed by atoms with Crippen LogP contribution in [0.1, 0.15) is 5.56 Å². The van der Waals surface area contributed by atoms with Crippen molar-refractivity contribution in [1.29, 1.82) is 0 Å². The summed E-state index contributed by atoms with van der Waals surface area (Å²) >= 11 is 6.48. The molecule has 0 bridgehead atoms. The zero-order chi connectivity index (χ0) is 16.6. The van der Waals surface area contributed by atoms with E-state index in [1.165, 1.54) is 6.08 Å². The van der Waals surface area contributed by atoms with Gasteiger partial charge in [-0.15, -0.1) is 0 Å². The van der Waals surface area contributed by atoms with Gasteiger partial charge in [0.15, 0.2) is 11.4 Å². The number of anilines is 2. The standard InChI is InChI=1S/C17H14ClN3O2/c1-3-14(22)20-10-4-5-11(9(2)8-10)12-6-7-13-15(16(12)18)17(19)21-23-13/h3-8H,1H2,2H3,(H2,19,21)(H,20,22). The SMILES string of the molecule is C=CC(=O)Nc1ccc(-c2ccc3onc(N)c3c2Cl)c(C)c1. The van der Waals surface area contributed by atoms with Gasteiger partial charge in [0.1, 0.15) is 0 Å². The first-order valence-corrected chi connectivity index (χ1v) is 7.27. The third-order valence-electron chi connectivity index (χ3n) is 3.57. The minimum atomic E-state index is -0.256. The highest BCUT2D eigenvalue weighted by Gasteiger charge is 2.15. The van der Waals surface area contributed by atoms with Crippen LogP contribution in [-0.2, 0) is 4.79 Å². The largest absolute Gasteiger partial charge is 0.380 e. The summed E-state index contributed by atoms with van der Waals surface area (Å²) < 4.78 is 5.11. The van der Waals surface area contributed by atoms with E-state index >= 15 is 0 Å². The van der Waals surface area contributed by atoms with Gasteiger partial charge in [-0.3, -0.25) is 4.79 Å². The lowest BCUT2D eigenvalue weighted by Crippen LogP contribution is -2.07. The van der Waals surface area contributed by atoms with Crippen molar-refractivity contribution in [3.8, 4) is 11.1 Å². The molecular formula is C17H14ClN3O2. The van der Waals surface area contributed by atoms with Crippen LogP contribution >= 0.6 is 11.6 Å². The van der Waals surface area contributed by atoms with Crippen LogP contribution in [0.15, 0.2) is 47.5 Å². The fourth-order valence-electron chi connectivity index (χ4n) is 2.46. The van der Waals surface area contributed by atoms with Crippen LogP contribution in [0.2, 0.25) is 5.02 Å². The van der Waals surface area contributed by atoms with Crippen molar-refractivity contribution in [3.63, 3.8) is 0 Å². The quantitative estimate of drug-likeness (QED) is 0.708. The van der Waals surface area contributed by atoms with Crippen molar-refractivity contribution in [2.24, 2.45) is 0 Å². The van der Waals surface area contributed by atoms with E-state index in [-0.39, 0.29) is 11.7 Å². The number of hydrogen-bond acceptors (Lipinski definition) is 4. The lowest BCUT2D eigenvalue weighted by Gasteiger charge is -2.11. The lowest BCUT2D eigenvalue weighted by atomic mass is 9.98. The average Bonchev–Trinajstić information content (AvgIpc) is 2.90. The minimum absolute atomic E-state index is 0.256. The fourth-order valence-corrected chi connectivity index (χ4v) is 2.82. The highest BCUT2D eigenvalue weighted by molar-refractivity contribution is 6.39. The Kier molecular flexibility index (Phi) is 3.80. The summed E-state index contributed by atoms with van der Waals surface area (Å²) in [7, 11) is 0. The topological polar surface area (TPSA) is 81.2 Å². The molecule has 116 valence electrons. The van der Waals surface area contributed by atoms with Crippen LogP contribution in [0.4, 0.5) is 11.5 Å². The summed E-state index contributed by atoms with van der Waals surface area (Å²) in [4.78, 5) is 11.4. The summed E-state index contributed by atoms with van der Waals surface area (Å²) in [5.41, 5.74) is 9.77. The number of nitrogens with two attached hydrogens (primary N) is 1. The van der Waals surface area contributed by atoms with Crippen LogP contribution in [0, 0.1) is 6.92 Å². The van der Waals surface area contributed by atoms with Crippen LogP contribution in [0.5, 0.6) is 0 Å². The summed E-state index contributed by atoms with van der Waals surface area (Å²) in [6, 6.07) is 9.21. The number of hydrogen-bond donors (Lipinski definition) is 2. The number of halogens is 1. The smallest absolute Gasteiger partial charge is 0.247 e. The number of nitrogens with one attached hydrogen (secondary N) is 1. The van der Waals surface area contributed by atoms with Crippen molar-refractivity contribution in [1.82, 2.24) is 5.16 Å². The van der Waals surface area contributed by atoms with Crippen LogP contribution in [0.3, 0.4) is 0 Å². The summed E-state index contributed by atoms with van der Waals surface area (Å²) in [6.45, 7) is 5.37. The molecule has 3 rings (SSSR count). The van der Waals surface area contributed by atoms with Crippen molar-refractivity contribution < 1.29 is 9.32 Å². The predicted octanol–water partition coefficient (Wildman–Crippen LogP) is 4.16. The van der Waals surface area contributed by atoms with Gasteiger partial charge in [-0.2, -0.15) is 0 Å². The fraction of sp³-hybridized carbons (Fsp3) is 0.0588.